The number of unbranched alkanes of at least 4 members (excludes halogenated alkanes) is 1. The van der Waals surface area contributed by atoms with E-state index in [0.29, 0.717) is 11.7 Å². The lowest BCUT2D eigenvalue weighted by atomic mass is 10.1. The van der Waals surface area contributed by atoms with E-state index in [1.165, 1.54) is 17.3 Å². The summed E-state index contributed by atoms with van der Waals surface area (Å²) in [7, 11) is 1.65. The zero-order chi connectivity index (χ0) is 21.5. The van der Waals surface area contributed by atoms with Crippen molar-refractivity contribution < 1.29 is 9.53 Å². The van der Waals surface area contributed by atoms with Crippen molar-refractivity contribution in [3.05, 3.63) is 64.7 Å². The van der Waals surface area contributed by atoms with Gasteiger partial charge in [-0.1, -0.05) is 67.4 Å². The molecule has 0 bridgehead atoms. The standard InChI is InChI=1S/C24H29N3O2S/c1-5-6-7-22-23(28)27(16-19-9-12-21(29-4)13-10-19)24(30-22)26-25-15-20-11-8-17(2)14-18(20)3/h8-15,22H,5-7,16H2,1-4H3/b25-15+,26-24-. The van der Waals surface area contributed by atoms with Gasteiger partial charge < -0.3 is 4.74 Å². The summed E-state index contributed by atoms with van der Waals surface area (Å²) >= 11 is 1.52. The molecule has 1 saturated heterocycles. The van der Waals surface area contributed by atoms with E-state index in [1.807, 2.05) is 30.3 Å². The number of aryl methyl sites for hydroxylation is 2. The van der Waals surface area contributed by atoms with Crippen LogP contribution in [0.15, 0.2) is 52.7 Å². The molecule has 2 aromatic rings. The van der Waals surface area contributed by atoms with E-state index in [2.05, 4.69) is 43.1 Å². The summed E-state index contributed by atoms with van der Waals surface area (Å²) in [5.74, 6) is 0.915. The van der Waals surface area contributed by atoms with Gasteiger partial charge in [0.1, 0.15) is 5.75 Å². The molecule has 1 atom stereocenters. The predicted molar refractivity (Wildman–Crippen MR) is 125 cm³/mol. The fourth-order valence-corrected chi connectivity index (χ4v) is 4.47. The number of hydrogen-bond acceptors (Lipinski definition) is 5. The van der Waals surface area contributed by atoms with Crippen molar-refractivity contribution in [2.45, 2.75) is 51.8 Å². The number of carbonyl (C=O) groups excluding carboxylic acids is 1. The summed E-state index contributed by atoms with van der Waals surface area (Å²) < 4.78 is 5.23. The van der Waals surface area contributed by atoms with Crippen molar-refractivity contribution >= 4 is 29.1 Å². The third-order valence-corrected chi connectivity index (χ3v) is 6.34. The number of amides is 1. The molecule has 3 rings (SSSR count). The molecule has 0 spiro atoms. The van der Waals surface area contributed by atoms with Crippen LogP contribution < -0.4 is 4.74 Å². The maximum Gasteiger partial charge on any atom is 0.242 e. The number of methoxy groups -OCH3 is 1. The molecular formula is C24H29N3O2S. The number of amidine groups is 1. The van der Waals surface area contributed by atoms with Crippen molar-refractivity contribution in [1.29, 1.82) is 0 Å². The average Bonchev–Trinajstić information content (AvgIpc) is 3.03. The Morgan fingerprint density at radius 3 is 2.60 bits per heavy atom. The zero-order valence-corrected chi connectivity index (χ0v) is 18.9. The van der Waals surface area contributed by atoms with Gasteiger partial charge in [0.05, 0.1) is 25.1 Å². The van der Waals surface area contributed by atoms with E-state index < -0.39 is 0 Å². The predicted octanol–water partition coefficient (Wildman–Crippen LogP) is 5.34. The molecule has 0 aliphatic carbocycles. The number of hydrogen-bond donors (Lipinski definition) is 0. The fourth-order valence-electron chi connectivity index (χ4n) is 3.33. The van der Waals surface area contributed by atoms with Gasteiger partial charge in [-0.2, -0.15) is 5.10 Å². The van der Waals surface area contributed by atoms with Gasteiger partial charge in [-0.05, 0) is 49.1 Å². The summed E-state index contributed by atoms with van der Waals surface area (Å²) in [5, 5.41) is 9.32. The van der Waals surface area contributed by atoms with Crippen LogP contribution in [0.3, 0.4) is 0 Å². The summed E-state index contributed by atoms with van der Waals surface area (Å²) in [5.41, 5.74) is 4.44. The monoisotopic (exact) mass is 423 g/mol. The van der Waals surface area contributed by atoms with Crippen molar-refractivity contribution in [1.82, 2.24) is 4.90 Å². The average molecular weight is 424 g/mol. The van der Waals surface area contributed by atoms with E-state index in [9.17, 15) is 4.79 Å². The molecule has 0 aromatic heterocycles. The number of ether oxygens (including phenoxy) is 1. The molecule has 30 heavy (non-hydrogen) atoms. The minimum Gasteiger partial charge on any atom is -0.497 e. The molecule has 1 aliphatic heterocycles. The van der Waals surface area contributed by atoms with E-state index in [-0.39, 0.29) is 11.2 Å². The minimum absolute atomic E-state index is 0.0849. The highest BCUT2D eigenvalue weighted by Gasteiger charge is 2.37. The molecule has 0 N–H and O–H groups in total. The lowest BCUT2D eigenvalue weighted by molar-refractivity contribution is -0.126. The second kappa shape index (κ2) is 10.4. The van der Waals surface area contributed by atoms with Gasteiger partial charge in [0.25, 0.3) is 0 Å². The van der Waals surface area contributed by atoms with Gasteiger partial charge >= 0.3 is 0 Å². The number of rotatable bonds is 8. The first-order valence-corrected chi connectivity index (χ1v) is 11.2. The largest absolute Gasteiger partial charge is 0.497 e. The molecule has 5 nitrogen and oxygen atoms in total. The Bertz CT molecular complexity index is 938. The van der Waals surface area contributed by atoms with E-state index >= 15 is 0 Å². The maximum absolute atomic E-state index is 13.0. The lowest BCUT2D eigenvalue weighted by Crippen LogP contribution is -2.31. The van der Waals surface area contributed by atoms with Crippen LogP contribution in [0.2, 0.25) is 0 Å². The van der Waals surface area contributed by atoms with Crippen LogP contribution >= 0.6 is 11.8 Å². The normalized spacial score (nSPS) is 18.0. The zero-order valence-electron chi connectivity index (χ0n) is 18.1. The van der Waals surface area contributed by atoms with Crippen LogP contribution in [-0.2, 0) is 11.3 Å². The summed E-state index contributed by atoms with van der Waals surface area (Å²) in [6.45, 7) is 6.76. The minimum atomic E-state index is -0.0849. The van der Waals surface area contributed by atoms with Crippen LogP contribution in [0.1, 0.15) is 48.4 Å². The molecule has 1 aliphatic rings. The van der Waals surface area contributed by atoms with Crippen LogP contribution in [0.25, 0.3) is 0 Å². The van der Waals surface area contributed by atoms with Gasteiger partial charge in [0.2, 0.25) is 5.91 Å². The van der Waals surface area contributed by atoms with Crippen LogP contribution in [0, 0.1) is 13.8 Å². The molecule has 0 saturated carbocycles. The molecule has 1 unspecified atom stereocenters. The van der Waals surface area contributed by atoms with Crippen LogP contribution in [-0.4, -0.2) is 34.5 Å². The second-order valence-corrected chi connectivity index (χ2v) is 8.68. The summed E-state index contributed by atoms with van der Waals surface area (Å²) in [6.07, 6.45) is 4.72. The molecule has 1 amide bonds. The Hall–Kier alpha value is -2.60. The first kappa shape index (κ1) is 22.1. The van der Waals surface area contributed by atoms with Crippen LogP contribution in [0.5, 0.6) is 5.75 Å². The lowest BCUT2D eigenvalue weighted by Gasteiger charge is -2.16. The summed E-state index contributed by atoms with van der Waals surface area (Å²) in [6, 6.07) is 14.0. The molecule has 1 heterocycles. The van der Waals surface area contributed by atoms with E-state index in [0.717, 1.165) is 41.7 Å². The third kappa shape index (κ3) is 5.51. The molecule has 2 aromatic carbocycles. The molecule has 158 valence electrons. The molecular weight excluding hydrogens is 394 g/mol. The smallest absolute Gasteiger partial charge is 0.242 e. The molecule has 0 radical (unpaired) electrons. The topological polar surface area (TPSA) is 54.3 Å². The Morgan fingerprint density at radius 2 is 1.93 bits per heavy atom. The number of thioether (sulfide) groups is 1. The van der Waals surface area contributed by atoms with Crippen molar-refractivity contribution in [2.75, 3.05) is 7.11 Å². The molecule has 6 heteroatoms. The van der Waals surface area contributed by atoms with Crippen molar-refractivity contribution in [2.24, 2.45) is 10.2 Å². The van der Waals surface area contributed by atoms with Gasteiger partial charge in [-0.15, -0.1) is 5.10 Å². The van der Waals surface area contributed by atoms with Crippen LogP contribution in [0.4, 0.5) is 0 Å². The van der Waals surface area contributed by atoms with Gasteiger partial charge in [0.15, 0.2) is 5.17 Å². The van der Waals surface area contributed by atoms with E-state index in [4.69, 9.17) is 4.74 Å². The maximum atomic E-state index is 13.0. The second-order valence-electron chi connectivity index (χ2n) is 7.51. The highest BCUT2D eigenvalue weighted by Crippen LogP contribution is 2.32. The van der Waals surface area contributed by atoms with Crippen molar-refractivity contribution in [3.8, 4) is 5.75 Å². The quantitative estimate of drug-likeness (QED) is 0.426. The SMILES string of the molecule is CCCCC1S/C(=N\N=C\c2ccc(C)cc2C)N(Cc2ccc(OC)cc2)C1=O. The first-order valence-electron chi connectivity index (χ1n) is 10.3. The third-order valence-electron chi connectivity index (χ3n) is 5.11. The first-order chi connectivity index (χ1) is 14.5. The Labute approximate surface area is 183 Å². The molecule has 1 fully saturated rings. The Kier molecular flexibility index (Phi) is 7.69. The Balaban J connectivity index is 1.81. The van der Waals surface area contributed by atoms with Gasteiger partial charge in [-0.3, -0.25) is 9.69 Å². The number of nitrogens with zero attached hydrogens (tertiary/aromatic N) is 3. The van der Waals surface area contributed by atoms with Gasteiger partial charge in [-0.25, -0.2) is 0 Å². The summed E-state index contributed by atoms with van der Waals surface area (Å²) in [4.78, 5) is 14.8. The number of benzene rings is 2. The van der Waals surface area contributed by atoms with Gasteiger partial charge in [0, 0.05) is 0 Å². The Morgan fingerprint density at radius 1 is 1.17 bits per heavy atom. The van der Waals surface area contributed by atoms with E-state index in [1.54, 1.807) is 18.2 Å². The highest BCUT2D eigenvalue weighted by atomic mass is 32.2. The number of carbonyl (C=O) groups is 1. The fraction of sp³-hybridized carbons (Fsp3) is 0.375. The highest BCUT2D eigenvalue weighted by molar-refractivity contribution is 8.15. The van der Waals surface area contributed by atoms with Crippen molar-refractivity contribution in [3.63, 3.8) is 0 Å².